The van der Waals surface area contributed by atoms with Crippen molar-refractivity contribution in [2.75, 3.05) is 13.1 Å². The van der Waals surface area contributed by atoms with E-state index in [2.05, 4.69) is 24.8 Å². The molecule has 2 nitrogen and oxygen atoms in total. The van der Waals surface area contributed by atoms with Crippen molar-refractivity contribution in [2.24, 2.45) is 17.8 Å². The average Bonchev–Trinajstić information content (AvgIpc) is 2.78. The Labute approximate surface area is 106 Å². The highest BCUT2D eigenvalue weighted by Crippen LogP contribution is 2.33. The predicted octanol–water partition coefficient (Wildman–Crippen LogP) is 3.44. The van der Waals surface area contributed by atoms with E-state index in [9.17, 15) is 0 Å². The lowest BCUT2D eigenvalue weighted by Crippen LogP contribution is -2.36. The van der Waals surface area contributed by atoms with Crippen LogP contribution in [0.2, 0.25) is 0 Å². The van der Waals surface area contributed by atoms with Crippen molar-refractivity contribution < 1.29 is 0 Å². The minimum atomic E-state index is 0.309. The van der Waals surface area contributed by atoms with Gasteiger partial charge in [0, 0.05) is 12.6 Å². The zero-order chi connectivity index (χ0) is 12.3. The van der Waals surface area contributed by atoms with Crippen molar-refractivity contribution in [1.82, 2.24) is 4.90 Å². The monoisotopic (exact) mass is 234 g/mol. The van der Waals surface area contributed by atoms with Gasteiger partial charge in [-0.3, -0.25) is 4.90 Å². The van der Waals surface area contributed by atoms with Crippen LogP contribution in [-0.2, 0) is 0 Å². The van der Waals surface area contributed by atoms with E-state index in [0.717, 1.165) is 37.4 Å². The fraction of sp³-hybridized carbons (Fsp3) is 0.933. The first-order chi connectivity index (χ1) is 8.19. The van der Waals surface area contributed by atoms with Crippen molar-refractivity contribution in [3.8, 4) is 6.07 Å². The molecule has 0 amide bonds. The molecule has 2 rings (SSSR count). The SMILES string of the molecule is CC(C)CC1CCC(N2CCC(C#N)C2)CC1. The van der Waals surface area contributed by atoms with Crippen LogP contribution in [0.4, 0.5) is 0 Å². The molecule has 0 radical (unpaired) electrons. The van der Waals surface area contributed by atoms with Crippen LogP contribution < -0.4 is 0 Å². The molecule has 96 valence electrons. The molecular weight excluding hydrogens is 208 g/mol. The van der Waals surface area contributed by atoms with Crippen LogP contribution in [0.25, 0.3) is 0 Å². The van der Waals surface area contributed by atoms with Gasteiger partial charge in [-0.25, -0.2) is 0 Å². The summed E-state index contributed by atoms with van der Waals surface area (Å²) in [6, 6.07) is 3.21. The zero-order valence-electron chi connectivity index (χ0n) is 11.4. The second kappa shape index (κ2) is 5.87. The van der Waals surface area contributed by atoms with Gasteiger partial charge in [0.25, 0.3) is 0 Å². The molecule has 17 heavy (non-hydrogen) atoms. The second-order valence-electron chi connectivity index (χ2n) is 6.41. The summed E-state index contributed by atoms with van der Waals surface area (Å²) in [5.41, 5.74) is 0. The van der Waals surface area contributed by atoms with Gasteiger partial charge >= 0.3 is 0 Å². The quantitative estimate of drug-likeness (QED) is 0.748. The van der Waals surface area contributed by atoms with Crippen LogP contribution in [0, 0.1) is 29.1 Å². The van der Waals surface area contributed by atoms with E-state index in [-0.39, 0.29) is 0 Å². The molecule has 2 heteroatoms. The molecule has 0 aromatic rings. The summed E-state index contributed by atoms with van der Waals surface area (Å²) in [5, 5.41) is 8.95. The van der Waals surface area contributed by atoms with Gasteiger partial charge in [-0.2, -0.15) is 5.26 Å². The van der Waals surface area contributed by atoms with Crippen LogP contribution in [0.15, 0.2) is 0 Å². The summed E-state index contributed by atoms with van der Waals surface area (Å²) in [5.74, 6) is 2.13. The van der Waals surface area contributed by atoms with Crippen molar-refractivity contribution in [1.29, 1.82) is 5.26 Å². The van der Waals surface area contributed by atoms with Gasteiger partial charge in [-0.05, 0) is 56.9 Å². The van der Waals surface area contributed by atoms with Gasteiger partial charge in [-0.15, -0.1) is 0 Å². The summed E-state index contributed by atoms with van der Waals surface area (Å²) in [4.78, 5) is 2.58. The zero-order valence-corrected chi connectivity index (χ0v) is 11.4. The molecule has 1 atom stereocenters. The molecular formula is C15H26N2. The molecule has 2 fully saturated rings. The van der Waals surface area contributed by atoms with Gasteiger partial charge in [0.15, 0.2) is 0 Å². The maximum Gasteiger partial charge on any atom is 0.0669 e. The molecule has 2 aliphatic rings. The van der Waals surface area contributed by atoms with E-state index in [1.807, 2.05) is 0 Å². The highest BCUT2D eigenvalue weighted by Gasteiger charge is 2.31. The number of hydrogen-bond donors (Lipinski definition) is 0. The van der Waals surface area contributed by atoms with Gasteiger partial charge < -0.3 is 0 Å². The fourth-order valence-corrected chi connectivity index (χ4v) is 3.64. The van der Waals surface area contributed by atoms with E-state index in [4.69, 9.17) is 5.26 Å². The fourth-order valence-electron chi connectivity index (χ4n) is 3.64. The first-order valence-electron chi connectivity index (χ1n) is 7.32. The Balaban J connectivity index is 1.74. The molecule has 1 aliphatic carbocycles. The lowest BCUT2D eigenvalue weighted by Gasteiger charge is -2.35. The van der Waals surface area contributed by atoms with Crippen LogP contribution in [-0.4, -0.2) is 24.0 Å². The van der Waals surface area contributed by atoms with Crippen molar-refractivity contribution >= 4 is 0 Å². The summed E-state index contributed by atoms with van der Waals surface area (Å²) >= 11 is 0. The van der Waals surface area contributed by atoms with Crippen molar-refractivity contribution in [3.63, 3.8) is 0 Å². The maximum absolute atomic E-state index is 8.95. The minimum Gasteiger partial charge on any atom is -0.299 e. The van der Waals surface area contributed by atoms with Gasteiger partial charge in [0.05, 0.1) is 12.0 Å². The molecule has 0 N–H and O–H groups in total. The van der Waals surface area contributed by atoms with Crippen LogP contribution in [0.1, 0.15) is 52.4 Å². The predicted molar refractivity (Wildman–Crippen MR) is 70.5 cm³/mol. The molecule has 1 unspecified atom stereocenters. The highest BCUT2D eigenvalue weighted by molar-refractivity contribution is 4.93. The van der Waals surface area contributed by atoms with Crippen molar-refractivity contribution in [2.45, 2.75) is 58.4 Å². The third-order valence-corrected chi connectivity index (χ3v) is 4.54. The Kier molecular flexibility index (Phi) is 4.45. The van der Waals surface area contributed by atoms with E-state index in [1.165, 1.54) is 32.1 Å². The third kappa shape index (κ3) is 3.45. The molecule has 1 saturated heterocycles. The second-order valence-corrected chi connectivity index (χ2v) is 6.41. The van der Waals surface area contributed by atoms with Crippen LogP contribution in [0.3, 0.4) is 0 Å². The summed E-state index contributed by atoms with van der Waals surface area (Å²) in [7, 11) is 0. The summed E-state index contributed by atoms with van der Waals surface area (Å²) < 4.78 is 0. The molecule has 0 aromatic heterocycles. The summed E-state index contributed by atoms with van der Waals surface area (Å²) in [6.45, 7) is 6.88. The minimum absolute atomic E-state index is 0.309. The smallest absolute Gasteiger partial charge is 0.0669 e. The Morgan fingerprint density at radius 3 is 2.41 bits per heavy atom. The first kappa shape index (κ1) is 12.9. The van der Waals surface area contributed by atoms with Crippen LogP contribution >= 0.6 is 0 Å². The Bertz CT molecular complexity index is 271. The van der Waals surface area contributed by atoms with Gasteiger partial charge in [0.2, 0.25) is 0 Å². The number of nitriles is 1. The number of hydrogen-bond acceptors (Lipinski definition) is 2. The standard InChI is InChI=1S/C15H26N2/c1-12(2)9-13-3-5-15(6-4-13)17-8-7-14(10-16)11-17/h12-15H,3-9,11H2,1-2H3. The highest BCUT2D eigenvalue weighted by atomic mass is 15.2. The van der Waals surface area contributed by atoms with Gasteiger partial charge in [-0.1, -0.05) is 13.8 Å². The van der Waals surface area contributed by atoms with E-state index in [1.54, 1.807) is 0 Å². The van der Waals surface area contributed by atoms with E-state index >= 15 is 0 Å². The Morgan fingerprint density at radius 1 is 1.18 bits per heavy atom. The lowest BCUT2D eigenvalue weighted by molar-refractivity contribution is 0.153. The largest absolute Gasteiger partial charge is 0.299 e. The topological polar surface area (TPSA) is 27.0 Å². The maximum atomic E-state index is 8.95. The molecule has 1 saturated carbocycles. The normalized spacial score (nSPS) is 35.1. The van der Waals surface area contributed by atoms with Crippen LogP contribution in [0.5, 0.6) is 0 Å². The third-order valence-electron chi connectivity index (χ3n) is 4.54. The van der Waals surface area contributed by atoms with Crippen molar-refractivity contribution in [3.05, 3.63) is 0 Å². The number of nitrogens with zero attached hydrogens (tertiary/aromatic N) is 2. The molecule has 1 heterocycles. The van der Waals surface area contributed by atoms with E-state index < -0.39 is 0 Å². The first-order valence-corrected chi connectivity index (χ1v) is 7.32. The molecule has 0 spiro atoms. The Hall–Kier alpha value is -0.550. The van der Waals surface area contributed by atoms with Gasteiger partial charge in [0.1, 0.15) is 0 Å². The molecule has 0 bridgehead atoms. The number of likely N-dealkylation sites (tertiary alicyclic amines) is 1. The molecule has 0 aromatic carbocycles. The number of rotatable bonds is 3. The summed E-state index contributed by atoms with van der Waals surface area (Å²) in [6.07, 6.45) is 8.08. The van der Waals surface area contributed by atoms with E-state index in [0.29, 0.717) is 5.92 Å². The Morgan fingerprint density at radius 2 is 1.88 bits per heavy atom. The lowest BCUT2D eigenvalue weighted by atomic mass is 9.81. The average molecular weight is 234 g/mol. The molecule has 1 aliphatic heterocycles.